The van der Waals surface area contributed by atoms with Gasteiger partial charge in [-0.05, 0) is 12.3 Å². The van der Waals surface area contributed by atoms with Gasteiger partial charge in [0, 0.05) is 13.0 Å². The van der Waals surface area contributed by atoms with Gasteiger partial charge in [0.2, 0.25) is 5.91 Å². The first-order valence-corrected chi connectivity index (χ1v) is 7.20. The highest BCUT2D eigenvalue weighted by atomic mass is 16.5. The summed E-state index contributed by atoms with van der Waals surface area (Å²) >= 11 is 0. The first-order chi connectivity index (χ1) is 9.10. The van der Waals surface area contributed by atoms with Crippen molar-refractivity contribution in [1.82, 2.24) is 4.90 Å². The largest absolute Gasteiger partial charge is 0.480 e. The van der Waals surface area contributed by atoms with Gasteiger partial charge in [-0.25, -0.2) is 4.79 Å². The summed E-state index contributed by atoms with van der Waals surface area (Å²) in [5.41, 5.74) is 0. The van der Waals surface area contributed by atoms with E-state index in [-0.39, 0.29) is 12.5 Å². The predicted molar refractivity (Wildman–Crippen MR) is 71.9 cm³/mol. The minimum absolute atomic E-state index is 0.0429. The molecule has 5 nitrogen and oxygen atoms in total. The van der Waals surface area contributed by atoms with Gasteiger partial charge < -0.3 is 14.7 Å². The zero-order chi connectivity index (χ0) is 14.3. The number of unbranched alkanes of at least 4 members (excludes halogenated alkanes) is 1. The van der Waals surface area contributed by atoms with Crippen LogP contribution in [0.25, 0.3) is 0 Å². The maximum absolute atomic E-state index is 12.3. The van der Waals surface area contributed by atoms with Crippen molar-refractivity contribution in [3.05, 3.63) is 0 Å². The lowest BCUT2D eigenvalue weighted by molar-refractivity contribution is -0.158. The van der Waals surface area contributed by atoms with Gasteiger partial charge in [0.05, 0.1) is 13.2 Å². The lowest BCUT2D eigenvalue weighted by Crippen LogP contribution is -2.52. The molecule has 0 saturated carbocycles. The molecule has 5 heteroatoms. The van der Waals surface area contributed by atoms with Gasteiger partial charge in [-0.15, -0.1) is 0 Å². The Kier molecular flexibility index (Phi) is 6.84. The smallest absolute Gasteiger partial charge is 0.328 e. The van der Waals surface area contributed by atoms with Gasteiger partial charge in [-0.1, -0.05) is 33.1 Å². The van der Waals surface area contributed by atoms with Gasteiger partial charge >= 0.3 is 5.97 Å². The molecule has 2 atom stereocenters. The van der Waals surface area contributed by atoms with Crippen LogP contribution in [-0.2, 0) is 14.3 Å². The van der Waals surface area contributed by atoms with E-state index >= 15 is 0 Å². The normalized spacial score (nSPS) is 21.2. The molecule has 1 aliphatic heterocycles. The quantitative estimate of drug-likeness (QED) is 0.768. The highest BCUT2D eigenvalue weighted by molar-refractivity contribution is 5.84. The van der Waals surface area contributed by atoms with Crippen LogP contribution in [0.1, 0.15) is 46.0 Å². The molecule has 1 saturated heterocycles. The molecule has 0 aromatic heterocycles. The lowest BCUT2D eigenvalue weighted by Gasteiger charge is -2.33. The van der Waals surface area contributed by atoms with E-state index in [1.165, 1.54) is 4.90 Å². The number of carboxylic acid groups (broad SMARTS) is 1. The Bertz CT molecular complexity index is 306. The van der Waals surface area contributed by atoms with E-state index in [9.17, 15) is 9.59 Å². The summed E-state index contributed by atoms with van der Waals surface area (Å²) in [5, 5.41) is 9.12. The number of nitrogens with zero attached hydrogens (tertiary/aromatic N) is 1. The summed E-state index contributed by atoms with van der Waals surface area (Å²) in [4.78, 5) is 24.8. The summed E-state index contributed by atoms with van der Waals surface area (Å²) in [6.07, 6.45) is 4.71. The van der Waals surface area contributed by atoms with Crippen LogP contribution in [0.5, 0.6) is 0 Å². The fourth-order valence-corrected chi connectivity index (χ4v) is 2.41. The Hall–Kier alpha value is -1.10. The standard InChI is InChI=1S/C14H25NO4/c1-3-5-6-11(4-2)9-13(16)15-7-8-19-10-12(15)14(17)18/h11-12H,3-10H2,1-2H3,(H,17,18). The minimum atomic E-state index is -0.977. The molecule has 1 aliphatic rings. The van der Waals surface area contributed by atoms with E-state index in [0.29, 0.717) is 25.5 Å². The Labute approximate surface area is 114 Å². The van der Waals surface area contributed by atoms with Gasteiger partial charge in [0.25, 0.3) is 0 Å². The van der Waals surface area contributed by atoms with Crippen molar-refractivity contribution >= 4 is 11.9 Å². The van der Waals surface area contributed by atoms with Crippen LogP contribution in [0.15, 0.2) is 0 Å². The zero-order valence-corrected chi connectivity index (χ0v) is 11.9. The van der Waals surface area contributed by atoms with Crippen molar-refractivity contribution < 1.29 is 19.4 Å². The summed E-state index contributed by atoms with van der Waals surface area (Å²) < 4.78 is 5.15. The summed E-state index contributed by atoms with van der Waals surface area (Å²) in [5.74, 6) is -0.655. The highest BCUT2D eigenvalue weighted by Crippen LogP contribution is 2.19. The fourth-order valence-electron chi connectivity index (χ4n) is 2.41. The molecule has 1 fully saturated rings. The van der Waals surface area contributed by atoms with Crippen molar-refractivity contribution in [3.63, 3.8) is 0 Å². The minimum Gasteiger partial charge on any atom is -0.480 e. The average Bonchev–Trinajstić information content (AvgIpc) is 2.43. The first-order valence-electron chi connectivity index (χ1n) is 7.20. The number of ether oxygens (including phenoxy) is 1. The molecular weight excluding hydrogens is 246 g/mol. The van der Waals surface area contributed by atoms with Crippen molar-refractivity contribution in [2.45, 2.75) is 52.0 Å². The number of carbonyl (C=O) groups excluding carboxylic acids is 1. The van der Waals surface area contributed by atoms with E-state index in [1.807, 2.05) is 0 Å². The monoisotopic (exact) mass is 271 g/mol. The molecule has 1 N–H and O–H groups in total. The number of amides is 1. The second-order valence-corrected chi connectivity index (χ2v) is 5.14. The van der Waals surface area contributed by atoms with Crippen molar-refractivity contribution in [3.8, 4) is 0 Å². The van der Waals surface area contributed by atoms with Crippen molar-refractivity contribution in [2.75, 3.05) is 19.8 Å². The van der Waals surface area contributed by atoms with Crippen LogP contribution in [-0.4, -0.2) is 47.7 Å². The molecule has 0 spiro atoms. The maximum Gasteiger partial charge on any atom is 0.328 e. The first kappa shape index (κ1) is 16.0. The molecule has 0 aliphatic carbocycles. The third-order valence-electron chi connectivity index (χ3n) is 3.74. The third-order valence-corrected chi connectivity index (χ3v) is 3.74. The molecule has 0 aromatic rings. The molecule has 1 heterocycles. The number of carboxylic acids is 1. The van der Waals surface area contributed by atoms with Crippen LogP contribution >= 0.6 is 0 Å². The number of hydrogen-bond donors (Lipinski definition) is 1. The average molecular weight is 271 g/mol. The Morgan fingerprint density at radius 3 is 2.74 bits per heavy atom. The van der Waals surface area contributed by atoms with E-state index in [2.05, 4.69) is 13.8 Å². The molecule has 110 valence electrons. The van der Waals surface area contributed by atoms with Crippen molar-refractivity contribution in [1.29, 1.82) is 0 Å². The Morgan fingerprint density at radius 1 is 1.42 bits per heavy atom. The molecule has 1 amide bonds. The van der Waals surface area contributed by atoms with E-state index in [4.69, 9.17) is 9.84 Å². The van der Waals surface area contributed by atoms with E-state index in [1.54, 1.807) is 0 Å². The highest BCUT2D eigenvalue weighted by Gasteiger charge is 2.33. The van der Waals surface area contributed by atoms with Crippen LogP contribution < -0.4 is 0 Å². The fraction of sp³-hybridized carbons (Fsp3) is 0.857. The van der Waals surface area contributed by atoms with Crippen LogP contribution in [0.2, 0.25) is 0 Å². The Balaban J connectivity index is 2.56. The second kappa shape index (κ2) is 8.15. The number of hydrogen-bond acceptors (Lipinski definition) is 3. The number of aliphatic carboxylic acids is 1. The van der Waals surface area contributed by atoms with E-state index < -0.39 is 12.0 Å². The summed E-state index contributed by atoms with van der Waals surface area (Å²) in [7, 11) is 0. The molecule has 0 aromatic carbocycles. The zero-order valence-electron chi connectivity index (χ0n) is 11.9. The predicted octanol–water partition coefficient (Wildman–Crippen LogP) is 1.90. The number of carbonyl (C=O) groups is 2. The lowest BCUT2D eigenvalue weighted by atomic mass is 9.95. The molecule has 0 bridgehead atoms. The molecule has 1 rings (SSSR count). The Morgan fingerprint density at radius 2 is 2.16 bits per heavy atom. The number of rotatable bonds is 7. The SMILES string of the molecule is CCCCC(CC)CC(=O)N1CCOCC1C(=O)O. The van der Waals surface area contributed by atoms with Crippen LogP contribution in [0.3, 0.4) is 0 Å². The van der Waals surface area contributed by atoms with Gasteiger partial charge in [0.1, 0.15) is 0 Å². The summed E-state index contributed by atoms with van der Waals surface area (Å²) in [6.45, 7) is 5.15. The maximum atomic E-state index is 12.3. The molecular formula is C14H25NO4. The summed E-state index contributed by atoms with van der Waals surface area (Å²) in [6, 6.07) is -0.815. The van der Waals surface area contributed by atoms with Gasteiger partial charge in [-0.2, -0.15) is 0 Å². The molecule has 2 unspecified atom stereocenters. The topological polar surface area (TPSA) is 66.8 Å². The number of morpholine rings is 1. The van der Waals surface area contributed by atoms with Gasteiger partial charge in [0.15, 0.2) is 6.04 Å². The molecule has 0 radical (unpaired) electrons. The van der Waals surface area contributed by atoms with Crippen molar-refractivity contribution in [2.24, 2.45) is 5.92 Å². The van der Waals surface area contributed by atoms with Gasteiger partial charge in [-0.3, -0.25) is 4.79 Å². The van der Waals surface area contributed by atoms with Crippen LogP contribution in [0.4, 0.5) is 0 Å². The van der Waals surface area contributed by atoms with E-state index in [0.717, 1.165) is 25.7 Å². The third kappa shape index (κ3) is 4.82. The molecule has 19 heavy (non-hydrogen) atoms. The van der Waals surface area contributed by atoms with Crippen LogP contribution in [0, 0.1) is 5.92 Å². The second-order valence-electron chi connectivity index (χ2n) is 5.14.